The number of hydrogen-bond acceptors (Lipinski definition) is 4. The number of fused-ring (bicyclic) bond motifs is 1. The molecule has 2 aromatic heterocycles. The third kappa shape index (κ3) is 1.35. The number of nitrogens with one attached hydrogen (secondary N) is 1. The van der Waals surface area contributed by atoms with Crippen molar-refractivity contribution in [2.75, 3.05) is 6.54 Å². The molecule has 0 radical (unpaired) electrons. The van der Waals surface area contributed by atoms with Gasteiger partial charge in [0.1, 0.15) is 12.0 Å². The van der Waals surface area contributed by atoms with Crippen molar-refractivity contribution in [3.05, 3.63) is 36.1 Å². The van der Waals surface area contributed by atoms with Crippen LogP contribution in [-0.2, 0) is 6.54 Å². The topological polar surface area (TPSA) is 55.9 Å². The van der Waals surface area contributed by atoms with Gasteiger partial charge in [-0.3, -0.25) is 0 Å². The molecule has 1 aliphatic rings. The SMILES string of the molecule is Cc1nc(C2NCCn3cncc32)co1. The minimum atomic E-state index is 0.110. The van der Waals surface area contributed by atoms with Crippen LogP contribution < -0.4 is 5.32 Å². The summed E-state index contributed by atoms with van der Waals surface area (Å²) in [5.74, 6) is 0.698. The van der Waals surface area contributed by atoms with Gasteiger partial charge >= 0.3 is 0 Å². The predicted molar refractivity (Wildman–Crippen MR) is 53.3 cm³/mol. The Morgan fingerprint density at radius 2 is 2.53 bits per heavy atom. The Balaban J connectivity index is 2.02. The highest BCUT2D eigenvalue weighted by atomic mass is 16.3. The molecule has 0 spiro atoms. The van der Waals surface area contributed by atoms with Gasteiger partial charge in [-0.05, 0) is 0 Å². The molecule has 3 heterocycles. The molecule has 3 rings (SSSR count). The van der Waals surface area contributed by atoms with Gasteiger partial charge in [-0.25, -0.2) is 9.97 Å². The number of imidazole rings is 1. The normalized spacial score (nSPS) is 20.2. The first kappa shape index (κ1) is 8.67. The second-order valence-corrected chi connectivity index (χ2v) is 3.69. The fourth-order valence-electron chi connectivity index (χ4n) is 1.96. The molecule has 0 amide bonds. The van der Waals surface area contributed by atoms with Gasteiger partial charge in [-0.15, -0.1) is 0 Å². The number of rotatable bonds is 1. The lowest BCUT2D eigenvalue weighted by Gasteiger charge is -2.23. The molecule has 0 saturated heterocycles. The van der Waals surface area contributed by atoms with E-state index in [0.717, 1.165) is 24.5 Å². The molecule has 5 heteroatoms. The lowest BCUT2D eigenvalue weighted by molar-refractivity contribution is 0.458. The Hall–Kier alpha value is -1.62. The molecule has 1 atom stereocenters. The van der Waals surface area contributed by atoms with E-state index in [4.69, 9.17) is 4.42 Å². The molecule has 15 heavy (non-hydrogen) atoms. The van der Waals surface area contributed by atoms with Crippen LogP contribution in [0.2, 0.25) is 0 Å². The van der Waals surface area contributed by atoms with Gasteiger partial charge in [-0.1, -0.05) is 0 Å². The second-order valence-electron chi connectivity index (χ2n) is 3.69. The Bertz CT molecular complexity index is 473. The molecule has 0 fully saturated rings. The first-order valence-corrected chi connectivity index (χ1v) is 5.00. The van der Waals surface area contributed by atoms with Gasteiger partial charge in [0.15, 0.2) is 5.89 Å². The predicted octanol–water partition coefficient (Wildman–Crippen LogP) is 0.872. The van der Waals surface area contributed by atoms with Crippen molar-refractivity contribution in [2.45, 2.75) is 19.5 Å². The number of aryl methyl sites for hydroxylation is 1. The van der Waals surface area contributed by atoms with E-state index in [1.165, 1.54) is 0 Å². The summed E-state index contributed by atoms with van der Waals surface area (Å²) in [5.41, 5.74) is 2.07. The summed E-state index contributed by atoms with van der Waals surface area (Å²) >= 11 is 0. The zero-order valence-corrected chi connectivity index (χ0v) is 8.47. The molecular weight excluding hydrogens is 192 g/mol. The summed E-state index contributed by atoms with van der Waals surface area (Å²) in [6.07, 6.45) is 5.44. The number of hydrogen-bond donors (Lipinski definition) is 1. The highest BCUT2D eigenvalue weighted by Gasteiger charge is 2.23. The molecule has 0 aliphatic carbocycles. The second kappa shape index (κ2) is 3.20. The zero-order valence-electron chi connectivity index (χ0n) is 8.47. The average Bonchev–Trinajstić information content (AvgIpc) is 2.84. The van der Waals surface area contributed by atoms with Crippen LogP contribution in [0.3, 0.4) is 0 Å². The fourth-order valence-corrected chi connectivity index (χ4v) is 1.96. The van der Waals surface area contributed by atoms with Crippen LogP contribution in [0.15, 0.2) is 23.2 Å². The van der Waals surface area contributed by atoms with Crippen molar-refractivity contribution in [2.24, 2.45) is 0 Å². The van der Waals surface area contributed by atoms with E-state index in [9.17, 15) is 0 Å². The highest BCUT2D eigenvalue weighted by molar-refractivity contribution is 5.20. The Labute approximate surface area is 87.1 Å². The van der Waals surface area contributed by atoms with Crippen LogP contribution in [0.5, 0.6) is 0 Å². The lowest BCUT2D eigenvalue weighted by Crippen LogP contribution is -2.33. The smallest absolute Gasteiger partial charge is 0.191 e. The van der Waals surface area contributed by atoms with E-state index in [-0.39, 0.29) is 6.04 Å². The quantitative estimate of drug-likeness (QED) is 0.749. The van der Waals surface area contributed by atoms with Crippen molar-refractivity contribution in [1.29, 1.82) is 0 Å². The standard InChI is InChI=1S/C10H12N4O/c1-7-13-8(5-15-7)10-9-4-11-6-14(9)3-2-12-10/h4-6,10,12H,2-3H2,1H3. The molecule has 1 N–H and O–H groups in total. The van der Waals surface area contributed by atoms with Gasteiger partial charge in [0.25, 0.3) is 0 Å². The first-order valence-electron chi connectivity index (χ1n) is 5.00. The van der Waals surface area contributed by atoms with Crippen molar-refractivity contribution < 1.29 is 4.42 Å². The minimum Gasteiger partial charge on any atom is -0.449 e. The van der Waals surface area contributed by atoms with Gasteiger partial charge in [0.05, 0.1) is 24.3 Å². The van der Waals surface area contributed by atoms with Crippen molar-refractivity contribution in [1.82, 2.24) is 19.9 Å². The van der Waals surface area contributed by atoms with E-state index < -0.39 is 0 Å². The van der Waals surface area contributed by atoms with Crippen LogP contribution in [0.25, 0.3) is 0 Å². The fraction of sp³-hybridized carbons (Fsp3) is 0.400. The van der Waals surface area contributed by atoms with Crippen molar-refractivity contribution in [3.8, 4) is 0 Å². The third-order valence-electron chi connectivity index (χ3n) is 2.67. The summed E-state index contributed by atoms with van der Waals surface area (Å²) in [4.78, 5) is 8.49. The van der Waals surface area contributed by atoms with Gasteiger partial charge < -0.3 is 14.3 Å². The maximum absolute atomic E-state index is 5.23. The third-order valence-corrected chi connectivity index (χ3v) is 2.67. The summed E-state index contributed by atoms with van der Waals surface area (Å²) < 4.78 is 7.37. The van der Waals surface area contributed by atoms with E-state index in [2.05, 4.69) is 19.9 Å². The van der Waals surface area contributed by atoms with Gasteiger partial charge in [-0.2, -0.15) is 0 Å². The minimum absolute atomic E-state index is 0.110. The van der Waals surface area contributed by atoms with Crippen LogP contribution >= 0.6 is 0 Å². The van der Waals surface area contributed by atoms with Crippen molar-refractivity contribution >= 4 is 0 Å². The molecule has 1 unspecified atom stereocenters. The molecule has 5 nitrogen and oxygen atoms in total. The maximum atomic E-state index is 5.23. The molecule has 78 valence electrons. The molecule has 1 aliphatic heterocycles. The van der Waals surface area contributed by atoms with E-state index in [0.29, 0.717) is 5.89 Å². The van der Waals surface area contributed by atoms with E-state index in [1.807, 2.05) is 19.4 Å². The molecule has 2 aromatic rings. The van der Waals surface area contributed by atoms with E-state index >= 15 is 0 Å². The summed E-state index contributed by atoms with van der Waals surface area (Å²) in [5, 5.41) is 3.41. The van der Waals surface area contributed by atoms with Gasteiger partial charge in [0.2, 0.25) is 0 Å². The van der Waals surface area contributed by atoms with Crippen molar-refractivity contribution in [3.63, 3.8) is 0 Å². The Morgan fingerprint density at radius 1 is 1.60 bits per heavy atom. The number of nitrogens with zero attached hydrogens (tertiary/aromatic N) is 3. The molecular formula is C10H12N4O. The number of aromatic nitrogens is 3. The number of oxazole rings is 1. The summed E-state index contributed by atoms with van der Waals surface area (Å²) in [6, 6.07) is 0.110. The van der Waals surface area contributed by atoms with Crippen LogP contribution in [0.1, 0.15) is 23.3 Å². The van der Waals surface area contributed by atoms with Crippen LogP contribution in [0.4, 0.5) is 0 Å². The monoisotopic (exact) mass is 204 g/mol. The highest BCUT2D eigenvalue weighted by Crippen LogP contribution is 2.23. The molecule has 0 saturated carbocycles. The largest absolute Gasteiger partial charge is 0.449 e. The maximum Gasteiger partial charge on any atom is 0.191 e. The van der Waals surface area contributed by atoms with Gasteiger partial charge in [0, 0.05) is 20.0 Å². The van der Waals surface area contributed by atoms with Crippen LogP contribution in [-0.4, -0.2) is 21.1 Å². The Kier molecular flexibility index (Phi) is 1.85. The first-order chi connectivity index (χ1) is 7.34. The molecule has 0 aromatic carbocycles. The summed E-state index contributed by atoms with van der Waals surface area (Å²) in [6.45, 7) is 3.74. The average molecular weight is 204 g/mol. The lowest BCUT2D eigenvalue weighted by atomic mass is 10.1. The zero-order chi connectivity index (χ0) is 10.3. The molecule has 0 bridgehead atoms. The van der Waals surface area contributed by atoms with E-state index in [1.54, 1.807) is 6.26 Å². The summed E-state index contributed by atoms with van der Waals surface area (Å²) in [7, 11) is 0. The Morgan fingerprint density at radius 3 is 3.33 bits per heavy atom. The van der Waals surface area contributed by atoms with Crippen LogP contribution in [0, 0.1) is 6.92 Å².